The number of rotatable bonds is 0. The van der Waals surface area contributed by atoms with Gasteiger partial charge < -0.3 is 5.73 Å². The molecule has 1 aliphatic carbocycles. The van der Waals surface area contributed by atoms with Crippen molar-refractivity contribution in [2.24, 2.45) is 0 Å². The van der Waals surface area contributed by atoms with Crippen LogP contribution in [0.2, 0.25) is 0 Å². The summed E-state index contributed by atoms with van der Waals surface area (Å²) < 4.78 is 0. The third kappa shape index (κ3) is 2.03. The van der Waals surface area contributed by atoms with Gasteiger partial charge in [0.15, 0.2) is 0 Å². The molecule has 13 heavy (non-hydrogen) atoms. The van der Waals surface area contributed by atoms with E-state index in [9.17, 15) is 0 Å². The Morgan fingerprint density at radius 2 is 1.54 bits per heavy atom. The molecule has 2 rings (SSSR count). The van der Waals surface area contributed by atoms with E-state index in [1.165, 1.54) is 49.7 Å². The molecular formula is C12H17N. The minimum atomic E-state index is 0.916. The van der Waals surface area contributed by atoms with Crippen LogP contribution in [0.1, 0.15) is 36.8 Å². The molecule has 1 aliphatic rings. The molecule has 0 saturated heterocycles. The lowest BCUT2D eigenvalue weighted by Crippen LogP contribution is -2.00. The fourth-order valence-electron chi connectivity index (χ4n) is 2.11. The van der Waals surface area contributed by atoms with E-state index in [-0.39, 0.29) is 0 Å². The van der Waals surface area contributed by atoms with Gasteiger partial charge in [0.25, 0.3) is 0 Å². The molecule has 0 heterocycles. The number of hydrogen-bond acceptors (Lipinski definition) is 1. The van der Waals surface area contributed by atoms with Gasteiger partial charge in [0.2, 0.25) is 0 Å². The molecule has 0 aromatic heterocycles. The molecule has 0 bridgehead atoms. The highest BCUT2D eigenvalue weighted by Crippen LogP contribution is 2.21. The molecule has 0 spiro atoms. The molecule has 1 nitrogen and oxygen atoms in total. The molecule has 0 unspecified atom stereocenters. The largest absolute Gasteiger partial charge is 0.399 e. The van der Waals surface area contributed by atoms with Crippen LogP contribution in [0.3, 0.4) is 0 Å². The predicted molar refractivity (Wildman–Crippen MR) is 56.7 cm³/mol. The molecule has 2 N–H and O–H groups in total. The molecule has 0 amide bonds. The second-order valence-electron chi connectivity index (χ2n) is 3.94. The molecule has 0 radical (unpaired) electrons. The fraction of sp³-hybridized carbons (Fsp3) is 0.500. The highest BCUT2D eigenvalue weighted by Gasteiger charge is 2.06. The van der Waals surface area contributed by atoms with E-state index >= 15 is 0 Å². The summed E-state index contributed by atoms with van der Waals surface area (Å²) >= 11 is 0. The highest BCUT2D eigenvalue weighted by atomic mass is 14.5. The summed E-state index contributed by atoms with van der Waals surface area (Å²) in [5, 5.41) is 0. The van der Waals surface area contributed by atoms with Crippen molar-refractivity contribution in [1.29, 1.82) is 0 Å². The summed E-state index contributed by atoms with van der Waals surface area (Å²) in [5.41, 5.74) is 9.70. The Morgan fingerprint density at radius 1 is 0.846 bits per heavy atom. The van der Waals surface area contributed by atoms with Crippen LogP contribution in [0, 0.1) is 0 Å². The first-order valence-electron chi connectivity index (χ1n) is 5.23. The zero-order chi connectivity index (χ0) is 9.10. The maximum Gasteiger partial charge on any atom is 0.0316 e. The number of benzene rings is 1. The predicted octanol–water partition coefficient (Wildman–Crippen LogP) is 2.93. The van der Waals surface area contributed by atoms with Gasteiger partial charge >= 0.3 is 0 Å². The number of fused-ring (bicyclic) bond motifs is 1. The van der Waals surface area contributed by atoms with E-state index in [2.05, 4.69) is 12.1 Å². The average Bonchev–Trinajstić information content (AvgIpc) is 2.08. The van der Waals surface area contributed by atoms with Crippen molar-refractivity contribution in [3.8, 4) is 0 Å². The van der Waals surface area contributed by atoms with Gasteiger partial charge in [-0.05, 0) is 48.9 Å². The first-order chi connectivity index (χ1) is 6.36. The zero-order valence-electron chi connectivity index (χ0n) is 8.05. The van der Waals surface area contributed by atoms with E-state index in [1.54, 1.807) is 0 Å². The second-order valence-corrected chi connectivity index (χ2v) is 3.94. The number of nitrogens with two attached hydrogens (primary N) is 1. The second kappa shape index (κ2) is 3.82. The van der Waals surface area contributed by atoms with E-state index in [0.29, 0.717) is 0 Å². The molecule has 1 aromatic rings. The van der Waals surface area contributed by atoms with Crippen LogP contribution in [-0.2, 0) is 12.8 Å². The smallest absolute Gasteiger partial charge is 0.0316 e. The normalized spacial score (nSPS) is 17.2. The number of hydrogen-bond donors (Lipinski definition) is 1. The minimum absolute atomic E-state index is 0.916. The lowest BCUT2D eigenvalue weighted by molar-refractivity contribution is 0.617. The monoisotopic (exact) mass is 175 g/mol. The summed E-state index contributed by atoms with van der Waals surface area (Å²) in [4.78, 5) is 0. The third-order valence-corrected chi connectivity index (χ3v) is 2.87. The van der Waals surface area contributed by atoms with Crippen molar-refractivity contribution in [3.63, 3.8) is 0 Å². The lowest BCUT2D eigenvalue weighted by atomic mass is 9.93. The third-order valence-electron chi connectivity index (χ3n) is 2.87. The maximum atomic E-state index is 5.77. The van der Waals surface area contributed by atoms with E-state index in [0.717, 1.165) is 5.69 Å². The van der Waals surface area contributed by atoms with Gasteiger partial charge in [-0.1, -0.05) is 18.9 Å². The van der Waals surface area contributed by atoms with Crippen molar-refractivity contribution in [3.05, 3.63) is 29.3 Å². The van der Waals surface area contributed by atoms with Crippen molar-refractivity contribution in [2.75, 3.05) is 5.73 Å². The zero-order valence-corrected chi connectivity index (χ0v) is 8.05. The van der Waals surface area contributed by atoms with Crippen molar-refractivity contribution in [2.45, 2.75) is 38.5 Å². The molecular weight excluding hydrogens is 158 g/mol. The van der Waals surface area contributed by atoms with Crippen molar-refractivity contribution < 1.29 is 0 Å². The molecule has 1 aromatic carbocycles. The minimum Gasteiger partial charge on any atom is -0.399 e. The van der Waals surface area contributed by atoms with E-state index < -0.39 is 0 Å². The fourth-order valence-corrected chi connectivity index (χ4v) is 2.11. The van der Waals surface area contributed by atoms with Crippen molar-refractivity contribution in [1.82, 2.24) is 0 Å². The number of nitrogen functional groups attached to an aromatic ring is 1. The molecule has 0 aliphatic heterocycles. The SMILES string of the molecule is Nc1ccc2c(c1)CCCCCC2. The summed E-state index contributed by atoms with van der Waals surface area (Å²) in [6, 6.07) is 6.39. The Bertz CT molecular complexity index is 291. The van der Waals surface area contributed by atoms with Crippen LogP contribution in [0.4, 0.5) is 5.69 Å². The van der Waals surface area contributed by atoms with Crippen LogP contribution in [-0.4, -0.2) is 0 Å². The summed E-state index contributed by atoms with van der Waals surface area (Å²) in [6.07, 6.45) is 7.92. The average molecular weight is 175 g/mol. The highest BCUT2D eigenvalue weighted by molar-refractivity contribution is 5.45. The Kier molecular flexibility index (Phi) is 2.53. The standard InChI is InChI=1S/C12H17N/c13-12-8-7-10-5-3-1-2-4-6-11(10)9-12/h7-9H,1-6,13H2. The number of aryl methyl sites for hydroxylation is 2. The lowest BCUT2D eigenvalue weighted by Gasteiger charge is -2.13. The molecule has 1 heteroatoms. The topological polar surface area (TPSA) is 26.0 Å². The quantitative estimate of drug-likeness (QED) is 0.603. The molecule has 0 atom stereocenters. The molecule has 0 fully saturated rings. The van der Waals surface area contributed by atoms with Crippen LogP contribution in [0.5, 0.6) is 0 Å². The Hall–Kier alpha value is -0.980. The first kappa shape index (κ1) is 8.61. The Labute approximate surface area is 80.0 Å². The van der Waals surface area contributed by atoms with Crippen LogP contribution < -0.4 is 5.73 Å². The summed E-state index contributed by atoms with van der Waals surface area (Å²) in [6.45, 7) is 0. The van der Waals surface area contributed by atoms with Gasteiger partial charge in [-0.15, -0.1) is 0 Å². The van der Waals surface area contributed by atoms with Gasteiger partial charge in [-0.25, -0.2) is 0 Å². The van der Waals surface area contributed by atoms with Gasteiger partial charge in [0.05, 0.1) is 0 Å². The van der Waals surface area contributed by atoms with Gasteiger partial charge in [0.1, 0.15) is 0 Å². The van der Waals surface area contributed by atoms with Crippen LogP contribution in [0.15, 0.2) is 18.2 Å². The Morgan fingerprint density at radius 3 is 2.31 bits per heavy atom. The van der Waals surface area contributed by atoms with Gasteiger partial charge in [-0.3, -0.25) is 0 Å². The van der Waals surface area contributed by atoms with Gasteiger partial charge in [0, 0.05) is 5.69 Å². The van der Waals surface area contributed by atoms with E-state index in [1.807, 2.05) is 6.07 Å². The Balaban J connectivity index is 2.28. The van der Waals surface area contributed by atoms with Crippen LogP contribution in [0.25, 0.3) is 0 Å². The van der Waals surface area contributed by atoms with Crippen LogP contribution >= 0.6 is 0 Å². The summed E-state index contributed by atoms with van der Waals surface area (Å²) in [5.74, 6) is 0. The molecule has 0 saturated carbocycles. The molecule has 70 valence electrons. The maximum absolute atomic E-state index is 5.77. The summed E-state index contributed by atoms with van der Waals surface area (Å²) in [7, 11) is 0. The van der Waals surface area contributed by atoms with E-state index in [4.69, 9.17) is 5.73 Å². The van der Waals surface area contributed by atoms with Gasteiger partial charge in [-0.2, -0.15) is 0 Å². The van der Waals surface area contributed by atoms with Crippen molar-refractivity contribution >= 4 is 5.69 Å². The first-order valence-corrected chi connectivity index (χ1v) is 5.23. The number of anilines is 1.